The Labute approximate surface area is 152 Å². The Morgan fingerprint density at radius 1 is 1.15 bits per heavy atom. The second kappa shape index (κ2) is 5.67. The van der Waals surface area contributed by atoms with Gasteiger partial charge in [0.2, 0.25) is 0 Å². The lowest BCUT2D eigenvalue weighted by Crippen LogP contribution is -2.29. The van der Waals surface area contributed by atoms with Gasteiger partial charge in [-0.25, -0.2) is 0 Å². The average molecular weight is 341 g/mol. The Morgan fingerprint density at radius 2 is 2.08 bits per heavy atom. The molecule has 4 nitrogen and oxygen atoms in total. The van der Waals surface area contributed by atoms with Crippen molar-refractivity contribution in [2.75, 3.05) is 12.4 Å². The van der Waals surface area contributed by atoms with Gasteiger partial charge in [0.25, 0.3) is 0 Å². The van der Waals surface area contributed by atoms with Crippen LogP contribution in [-0.2, 0) is 0 Å². The zero-order valence-corrected chi connectivity index (χ0v) is 14.5. The summed E-state index contributed by atoms with van der Waals surface area (Å²) in [7, 11) is 1.71. The monoisotopic (exact) mass is 341 g/mol. The van der Waals surface area contributed by atoms with E-state index in [2.05, 4.69) is 46.7 Å². The summed E-state index contributed by atoms with van der Waals surface area (Å²) >= 11 is 0. The van der Waals surface area contributed by atoms with E-state index in [1.807, 2.05) is 24.4 Å². The van der Waals surface area contributed by atoms with Gasteiger partial charge < -0.3 is 15.0 Å². The van der Waals surface area contributed by atoms with Crippen molar-refractivity contribution in [3.05, 3.63) is 71.4 Å². The van der Waals surface area contributed by atoms with Gasteiger partial charge in [0.1, 0.15) is 5.75 Å². The van der Waals surface area contributed by atoms with Crippen molar-refractivity contribution in [2.45, 2.75) is 18.4 Å². The van der Waals surface area contributed by atoms with E-state index in [1.54, 1.807) is 7.11 Å². The summed E-state index contributed by atoms with van der Waals surface area (Å²) in [5.74, 6) is 1.73. The van der Waals surface area contributed by atoms with Crippen LogP contribution in [-0.4, -0.2) is 12.1 Å². The van der Waals surface area contributed by atoms with Gasteiger partial charge in [0, 0.05) is 23.2 Å². The number of ether oxygens (including phenoxy) is 1. The van der Waals surface area contributed by atoms with Gasteiger partial charge in [-0.15, -0.1) is 0 Å². The maximum absolute atomic E-state index is 9.38. The number of H-pyrrole nitrogens is 1. The molecule has 2 aliphatic rings. The lowest BCUT2D eigenvalue weighted by molar-refractivity contribution is 0.406. The number of allylic oxidation sites excluding steroid dienone is 2. The molecule has 5 rings (SSSR count). The first-order chi connectivity index (χ1) is 12.8. The molecule has 4 heteroatoms. The number of anilines is 1. The highest BCUT2D eigenvalue weighted by molar-refractivity contribution is 5.89. The first-order valence-electron chi connectivity index (χ1n) is 8.91. The van der Waals surface area contributed by atoms with Gasteiger partial charge in [0.05, 0.1) is 30.3 Å². The number of benzene rings is 2. The molecule has 1 aromatic heterocycles. The standard InChI is InChI=1S/C22H19N3O/c1-26-14-6-8-20-19(11-14)16-3-2-4-17(16)22(25-20)18-7-5-13(12-23)15-9-10-24-21(15)18/h2-3,5-11,16-17,22,24-25H,4H2,1H3/t16-,17+,22-/m1/s1. The van der Waals surface area contributed by atoms with Crippen molar-refractivity contribution < 1.29 is 4.74 Å². The lowest BCUT2D eigenvalue weighted by Gasteiger charge is -2.38. The highest BCUT2D eigenvalue weighted by atomic mass is 16.5. The molecule has 2 heterocycles. The summed E-state index contributed by atoms with van der Waals surface area (Å²) < 4.78 is 5.43. The number of nitrogens with zero attached hydrogens (tertiary/aromatic N) is 1. The van der Waals surface area contributed by atoms with Crippen molar-refractivity contribution in [1.82, 2.24) is 4.98 Å². The third kappa shape index (κ3) is 2.07. The summed E-state index contributed by atoms with van der Waals surface area (Å²) in [6.45, 7) is 0. The number of aromatic amines is 1. The van der Waals surface area contributed by atoms with Crippen molar-refractivity contribution in [3.63, 3.8) is 0 Å². The number of hydrogen-bond acceptors (Lipinski definition) is 3. The van der Waals surface area contributed by atoms with Crippen LogP contribution in [0.4, 0.5) is 5.69 Å². The molecule has 3 aromatic rings. The maximum atomic E-state index is 9.38. The average Bonchev–Trinajstić information content (AvgIpc) is 3.36. The molecule has 2 aromatic carbocycles. The van der Waals surface area contributed by atoms with Crippen molar-refractivity contribution in [3.8, 4) is 11.8 Å². The minimum Gasteiger partial charge on any atom is -0.497 e. The molecule has 3 atom stereocenters. The number of nitriles is 1. The molecular formula is C22H19N3O. The minimum absolute atomic E-state index is 0.199. The van der Waals surface area contributed by atoms with E-state index >= 15 is 0 Å². The second-order valence-corrected chi connectivity index (χ2v) is 7.01. The lowest BCUT2D eigenvalue weighted by atomic mass is 9.76. The topological polar surface area (TPSA) is 60.8 Å². The van der Waals surface area contributed by atoms with E-state index in [4.69, 9.17) is 4.74 Å². The summed E-state index contributed by atoms with van der Waals surface area (Å²) in [4.78, 5) is 3.35. The van der Waals surface area contributed by atoms with E-state index < -0.39 is 0 Å². The Balaban J connectivity index is 1.65. The molecular weight excluding hydrogens is 322 g/mol. The van der Waals surface area contributed by atoms with Gasteiger partial charge in [-0.05, 0) is 53.8 Å². The van der Waals surface area contributed by atoms with Gasteiger partial charge in [-0.1, -0.05) is 18.2 Å². The summed E-state index contributed by atoms with van der Waals surface area (Å²) in [6.07, 6.45) is 7.57. The zero-order chi connectivity index (χ0) is 17.7. The molecule has 128 valence electrons. The number of methoxy groups -OCH3 is 1. The van der Waals surface area contributed by atoms with E-state index in [1.165, 1.54) is 11.1 Å². The summed E-state index contributed by atoms with van der Waals surface area (Å²) in [6, 6.07) is 14.8. The van der Waals surface area contributed by atoms with Gasteiger partial charge in [-0.2, -0.15) is 5.26 Å². The highest BCUT2D eigenvalue weighted by Gasteiger charge is 2.38. The van der Waals surface area contributed by atoms with Crippen LogP contribution in [0.15, 0.2) is 54.7 Å². The predicted molar refractivity (Wildman–Crippen MR) is 102 cm³/mol. The van der Waals surface area contributed by atoms with E-state index in [0.717, 1.165) is 28.8 Å². The van der Waals surface area contributed by atoms with Crippen LogP contribution in [0, 0.1) is 17.2 Å². The fourth-order valence-corrected chi connectivity index (χ4v) is 4.54. The molecule has 1 aliphatic carbocycles. The Bertz CT molecular complexity index is 1070. The first kappa shape index (κ1) is 15.1. The minimum atomic E-state index is 0.199. The molecule has 0 bridgehead atoms. The largest absolute Gasteiger partial charge is 0.497 e. The van der Waals surface area contributed by atoms with Gasteiger partial charge >= 0.3 is 0 Å². The van der Waals surface area contributed by atoms with E-state index in [0.29, 0.717) is 17.4 Å². The zero-order valence-electron chi connectivity index (χ0n) is 14.5. The normalized spacial score (nSPS) is 23.2. The molecule has 1 aliphatic heterocycles. The number of nitrogens with one attached hydrogen (secondary N) is 2. The van der Waals surface area contributed by atoms with E-state index in [9.17, 15) is 5.26 Å². The molecule has 0 radical (unpaired) electrons. The second-order valence-electron chi connectivity index (χ2n) is 7.01. The van der Waals surface area contributed by atoms with Crippen LogP contribution in [0.2, 0.25) is 0 Å². The molecule has 2 N–H and O–H groups in total. The predicted octanol–water partition coefficient (Wildman–Crippen LogP) is 4.87. The third-order valence-corrected chi connectivity index (χ3v) is 5.78. The van der Waals surface area contributed by atoms with Crippen LogP contribution in [0.5, 0.6) is 5.75 Å². The molecule has 0 fully saturated rings. The molecule has 0 unspecified atom stereocenters. The van der Waals surface area contributed by atoms with Crippen LogP contribution >= 0.6 is 0 Å². The molecule has 0 amide bonds. The number of fused-ring (bicyclic) bond motifs is 4. The Morgan fingerprint density at radius 3 is 2.92 bits per heavy atom. The summed E-state index contributed by atoms with van der Waals surface area (Å²) in [5, 5.41) is 14.1. The van der Waals surface area contributed by atoms with Crippen molar-refractivity contribution in [1.29, 1.82) is 5.26 Å². The van der Waals surface area contributed by atoms with Gasteiger partial charge in [0.15, 0.2) is 0 Å². The highest BCUT2D eigenvalue weighted by Crippen LogP contribution is 2.51. The summed E-state index contributed by atoms with van der Waals surface area (Å²) in [5.41, 5.74) is 5.46. The third-order valence-electron chi connectivity index (χ3n) is 5.78. The quantitative estimate of drug-likeness (QED) is 0.653. The molecule has 0 saturated carbocycles. The SMILES string of the molecule is COc1ccc2c(c1)[C@@H]1C=CC[C@@H]1[C@H](c1ccc(C#N)c3cc[nH]c13)N2. The van der Waals surface area contributed by atoms with Crippen LogP contribution in [0.3, 0.4) is 0 Å². The fourth-order valence-electron chi connectivity index (χ4n) is 4.54. The van der Waals surface area contributed by atoms with Crippen LogP contribution in [0.25, 0.3) is 10.9 Å². The van der Waals surface area contributed by atoms with Crippen LogP contribution < -0.4 is 10.1 Å². The number of rotatable bonds is 2. The number of aromatic nitrogens is 1. The van der Waals surface area contributed by atoms with Crippen molar-refractivity contribution >= 4 is 16.6 Å². The molecule has 0 saturated heterocycles. The number of hydrogen-bond donors (Lipinski definition) is 2. The van der Waals surface area contributed by atoms with Crippen LogP contribution in [0.1, 0.15) is 35.1 Å². The molecule has 0 spiro atoms. The fraction of sp³-hybridized carbons (Fsp3) is 0.227. The first-order valence-corrected chi connectivity index (χ1v) is 8.91. The molecule has 26 heavy (non-hydrogen) atoms. The maximum Gasteiger partial charge on any atom is 0.119 e. The van der Waals surface area contributed by atoms with Crippen molar-refractivity contribution in [2.24, 2.45) is 5.92 Å². The smallest absolute Gasteiger partial charge is 0.119 e. The Kier molecular flexibility index (Phi) is 3.29. The van der Waals surface area contributed by atoms with Gasteiger partial charge in [-0.3, -0.25) is 0 Å². The Hall–Kier alpha value is -3.19. The van der Waals surface area contributed by atoms with E-state index in [-0.39, 0.29) is 6.04 Å².